The fourth-order valence-corrected chi connectivity index (χ4v) is 3.62. The molecule has 0 bridgehead atoms. The van der Waals surface area contributed by atoms with Crippen molar-refractivity contribution in [2.45, 2.75) is 19.5 Å². The van der Waals surface area contributed by atoms with Gasteiger partial charge in [0, 0.05) is 48.1 Å². The fourth-order valence-electron chi connectivity index (χ4n) is 3.62. The van der Waals surface area contributed by atoms with Crippen LogP contribution in [-0.2, 0) is 19.5 Å². The van der Waals surface area contributed by atoms with Gasteiger partial charge >= 0.3 is 0 Å². The lowest BCUT2D eigenvalue weighted by atomic mass is 10.0. The van der Waals surface area contributed by atoms with Gasteiger partial charge in [-0.05, 0) is 36.8 Å². The van der Waals surface area contributed by atoms with E-state index in [0.29, 0.717) is 47.8 Å². The van der Waals surface area contributed by atoms with Gasteiger partial charge in [0.2, 0.25) is 0 Å². The molecule has 1 aromatic heterocycles. The van der Waals surface area contributed by atoms with Gasteiger partial charge in [0.25, 0.3) is 16.9 Å². The summed E-state index contributed by atoms with van der Waals surface area (Å²) in [5.41, 5.74) is 7.74. The first-order chi connectivity index (χ1) is 14.8. The van der Waals surface area contributed by atoms with Crippen LogP contribution in [0.25, 0.3) is 11.4 Å². The molecule has 0 atom stereocenters. The maximum absolute atomic E-state index is 12.5. The van der Waals surface area contributed by atoms with Crippen molar-refractivity contribution in [2.24, 2.45) is 0 Å². The number of aromatic nitrogens is 2. The third kappa shape index (κ3) is 4.12. The van der Waals surface area contributed by atoms with E-state index in [0.717, 1.165) is 11.6 Å². The predicted molar refractivity (Wildman–Crippen MR) is 112 cm³/mol. The Bertz CT molecular complexity index is 1240. The average molecular weight is 422 g/mol. The summed E-state index contributed by atoms with van der Waals surface area (Å²) < 4.78 is 0. The quantitative estimate of drug-likeness (QED) is 0.360. The number of nitrogens with zero attached hydrogens (tertiary/aromatic N) is 4. The Morgan fingerprint density at radius 2 is 1.84 bits per heavy atom. The van der Waals surface area contributed by atoms with Crippen LogP contribution in [0.2, 0.25) is 0 Å². The number of nitrogen functional groups attached to an aromatic ring is 1. The van der Waals surface area contributed by atoms with Crippen LogP contribution in [-0.4, -0.2) is 31.3 Å². The van der Waals surface area contributed by atoms with Crippen LogP contribution in [0.3, 0.4) is 0 Å². The van der Waals surface area contributed by atoms with Gasteiger partial charge in [-0.2, -0.15) is 0 Å². The smallest absolute Gasteiger partial charge is 0.280 e. The summed E-state index contributed by atoms with van der Waals surface area (Å²) in [4.78, 5) is 42.9. The number of nitrogens with one attached hydrogen (secondary N) is 1. The van der Waals surface area contributed by atoms with E-state index in [-0.39, 0.29) is 23.5 Å². The van der Waals surface area contributed by atoms with E-state index in [2.05, 4.69) is 9.97 Å². The average Bonchev–Trinajstić information content (AvgIpc) is 2.74. The number of nitrogens with two attached hydrogens (primary N) is 1. The van der Waals surface area contributed by atoms with Crippen LogP contribution in [0.15, 0.2) is 47.3 Å². The van der Waals surface area contributed by atoms with Crippen molar-refractivity contribution >= 4 is 17.1 Å². The molecule has 11 nitrogen and oxygen atoms in total. The molecule has 0 saturated carbocycles. The first-order valence-electron chi connectivity index (χ1n) is 9.44. The van der Waals surface area contributed by atoms with Crippen molar-refractivity contribution in [2.75, 3.05) is 12.3 Å². The van der Waals surface area contributed by atoms with E-state index >= 15 is 0 Å². The Morgan fingerprint density at radius 3 is 2.52 bits per heavy atom. The Kier molecular flexibility index (Phi) is 5.17. The molecular weight excluding hydrogens is 404 g/mol. The van der Waals surface area contributed by atoms with Crippen molar-refractivity contribution in [1.29, 1.82) is 0 Å². The summed E-state index contributed by atoms with van der Waals surface area (Å²) in [6.07, 6.45) is 0.445. The molecule has 0 fully saturated rings. The first kappa shape index (κ1) is 20.2. The van der Waals surface area contributed by atoms with Crippen LogP contribution in [0, 0.1) is 20.2 Å². The van der Waals surface area contributed by atoms with E-state index in [1.54, 1.807) is 24.3 Å². The van der Waals surface area contributed by atoms with Gasteiger partial charge in [-0.25, -0.2) is 4.98 Å². The van der Waals surface area contributed by atoms with E-state index < -0.39 is 9.85 Å². The summed E-state index contributed by atoms with van der Waals surface area (Å²) in [7, 11) is 0. The van der Waals surface area contributed by atoms with Crippen molar-refractivity contribution in [1.82, 2.24) is 14.9 Å². The van der Waals surface area contributed by atoms with Gasteiger partial charge in [0.15, 0.2) is 0 Å². The summed E-state index contributed by atoms with van der Waals surface area (Å²) in [6, 6.07) is 10.6. The number of H-pyrrole nitrogens is 1. The lowest BCUT2D eigenvalue weighted by molar-refractivity contribution is -0.394. The van der Waals surface area contributed by atoms with E-state index in [1.165, 1.54) is 12.1 Å². The number of hydrogen-bond acceptors (Lipinski definition) is 8. The van der Waals surface area contributed by atoms with E-state index in [4.69, 9.17) is 5.73 Å². The number of non-ortho nitro benzene ring substituents is 1. The zero-order valence-electron chi connectivity index (χ0n) is 16.3. The third-order valence-corrected chi connectivity index (χ3v) is 5.21. The fraction of sp³-hybridized carbons (Fsp3) is 0.200. The van der Waals surface area contributed by atoms with Gasteiger partial charge < -0.3 is 10.7 Å². The lowest BCUT2D eigenvalue weighted by Crippen LogP contribution is -2.35. The number of fused-ring (bicyclic) bond motifs is 1. The first-order valence-corrected chi connectivity index (χ1v) is 9.44. The van der Waals surface area contributed by atoms with E-state index in [9.17, 15) is 25.0 Å². The molecule has 158 valence electrons. The number of benzene rings is 2. The Labute approximate surface area is 175 Å². The number of aromatic amines is 1. The van der Waals surface area contributed by atoms with E-state index in [1.807, 2.05) is 4.90 Å². The maximum atomic E-state index is 12.5. The highest BCUT2D eigenvalue weighted by molar-refractivity contribution is 5.59. The molecule has 2 aromatic carbocycles. The molecule has 1 aliphatic heterocycles. The lowest BCUT2D eigenvalue weighted by Gasteiger charge is -2.27. The molecule has 0 unspecified atom stereocenters. The summed E-state index contributed by atoms with van der Waals surface area (Å²) in [5, 5.41) is 22.3. The minimum Gasteiger partial charge on any atom is -0.399 e. The highest BCUT2D eigenvalue weighted by Crippen LogP contribution is 2.27. The van der Waals surface area contributed by atoms with Crippen molar-refractivity contribution < 1.29 is 9.85 Å². The molecule has 3 N–H and O–H groups in total. The third-order valence-electron chi connectivity index (χ3n) is 5.21. The SMILES string of the molecule is Nc1ccc(-c2nc3c(c(=O)[nH]2)CCN(Cc2ccc([N+](=O)[O-])cc2[N+](=O)[O-])C3)cc1. The number of nitro benzene ring substituents is 2. The zero-order valence-corrected chi connectivity index (χ0v) is 16.3. The van der Waals surface area contributed by atoms with Gasteiger partial charge in [0.1, 0.15) is 5.82 Å². The number of hydrogen-bond donors (Lipinski definition) is 2. The van der Waals surface area contributed by atoms with Crippen LogP contribution in [0.1, 0.15) is 16.8 Å². The van der Waals surface area contributed by atoms with Gasteiger partial charge in [-0.3, -0.25) is 29.9 Å². The Balaban J connectivity index is 1.62. The van der Waals surface area contributed by atoms with Crippen LogP contribution < -0.4 is 11.3 Å². The highest BCUT2D eigenvalue weighted by atomic mass is 16.6. The van der Waals surface area contributed by atoms with Crippen LogP contribution in [0.5, 0.6) is 0 Å². The molecule has 3 aromatic rings. The van der Waals surface area contributed by atoms with Crippen molar-refractivity contribution in [3.05, 3.63) is 89.9 Å². The minimum atomic E-state index is -0.664. The van der Waals surface area contributed by atoms with Crippen LogP contribution >= 0.6 is 0 Å². The predicted octanol–water partition coefficient (Wildman–Crippen LogP) is 2.39. The topological polar surface area (TPSA) is 161 Å². The van der Waals surface area contributed by atoms with Crippen molar-refractivity contribution in [3.63, 3.8) is 0 Å². The normalized spacial score (nSPS) is 13.5. The summed E-state index contributed by atoms with van der Waals surface area (Å²) in [5.74, 6) is 0.423. The van der Waals surface area contributed by atoms with Gasteiger partial charge in [-0.15, -0.1) is 0 Å². The van der Waals surface area contributed by atoms with Gasteiger partial charge in [-0.1, -0.05) is 0 Å². The second kappa shape index (κ2) is 7.95. The Morgan fingerprint density at radius 1 is 1.10 bits per heavy atom. The molecule has 0 radical (unpaired) electrons. The van der Waals surface area contributed by atoms with Crippen molar-refractivity contribution in [3.8, 4) is 11.4 Å². The molecule has 0 aliphatic carbocycles. The molecule has 31 heavy (non-hydrogen) atoms. The zero-order chi connectivity index (χ0) is 22.1. The van der Waals surface area contributed by atoms with Gasteiger partial charge in [0.05, 0.1) is 21.6 Å². The largest absolute Gasteiger partial charge is 0.399 e. The highest BCUT2D eigenvalue weighted by Gasteiger charge is 2.25. The molecular formula is C20H18N6O5. The molecule has 2 heterocycles. The molecule has 0 saturated heterocycles. The molecule has 11 heteroatoms. The molecule has 1 aliphatic rings. The Hall–Kier alpha value is -4.12. The molecule has 4 rings (SSSR count). The number of nitro groups is 2. The monoisotopic (exact) mass is 422 g/mol. The maximum Gasteiger partial charge on any atom is 0.280 e. The number of anilines is 1. The molecule has 0 spiro atoms. The minimum absolute atomic E-state index is 0.208. The number of rotatable bonds is 5. The molecule has 0 amide bonds. The van der Waals surface area contributed by atoms with Crippen LogP contribution in [0.4, 0.5) is 17.1 Å². The summed E-state index contributed by atoms with van der Waals surface area (Å²) in [6.45, 7) is 1.04. The standard InChI is InChI=1S/C20H18N6O5/c21-14-4-1-12(2-5-14)19-22-17-11-24(8-7-16(17)20(27)23-19)10-13-3-6-15(25(28)29)9-18(13)26(30)31/h1-6,9H,7-8,10-11,21H2,(H,22,23,27). The summed E-state index contributed by atoms with van der Waals surface area (Å²) >= 11 is 0. The second-order valence-corrected chi connectivity index (χ2v) is 7.25. The second-order valence-electron chi connectivity index (χ2n) is 7.25.